The highest BCUT2D eigenvalue weighted by molar-refractivity contribution is 6.53. The van der Waals surface area contributed by atoms with Gasteiger partial charge in [-0.05, 0) is 52.3 Å². The van der Waals surface area contributed by atoms with E-state index in [0.717, 1.165) is 11.1 Å². The van der Waals surface area contributed by atoms with Gasteiger partial charge in [0.05, 0.1) is 16.1 Å². The van der Waals surface area contributed by atoms with Gasteiger partial charge in [-0.3, -0.25) is 10.1 Å². The van der Waals surface area contributed by atoms with E-state index in [1.165, 1.54) is 12.1 Å². The highest BCUT2D eigenvalue weighted by Gasteiger charge is 2.50. The third-order valence-corrected chi connectivity index (χ3v) is 4.19. The van der Waals surface area contributed by atoms with Crippen LogP contribution in [-0.2, 0) is 9.31 Å². The molecule has 1 heterocycles. The Bertz CT molecular complexity index is 562. The average Bonchev–Trinajstić information content (AvgIpc) is 2.57. The van der Waals surface area contributed by atoms with E-state index in [1.807, 2.05) is 40.6 Å². The summed E-state index contributed by atoms with van der Waals surface area (Å²) in [5, 5.41) is 10.7. The number of nitro benzene ring substituents is 1. The topological polar surface area (TPSA) is 61.6 Å². The van der Waals surface area contributed by atoms with Crippen molar-refractivity contribution >= 4 is 18.4 Å². The largest absolute Gasteiger partial charge is 0.487 e. The number of hydrogen-bond acceptors (Lipinski definition) is 4. The van der Waals surface area contributed by atoms with Crippen LogP contribution >= 0.6 is 0 Å². The molecule has 1 aliphatic rings. The Morgan fingerprint density at radius 1 is 1.14 bits per heavy atom. The molecule has 1 aliphatic heterocycles. The zero-order valence-corrected chi connectivity index (χ0v) is 13.0. The van der Waals surface area contributed by atoms with Crippen LogP contribution in [0.3, 0.4) is 0 Å². The van der Waals surface area contributed by atoms with Crippen LogP contribution in [0.1, 0.15) is 40.2 Å². The average molecular weight is 289 g/mol. The molecule has 112 valence electrons. The Morgan fingerprint density at radius 2 is 1.62 bits per heavy atom. The number of hydrogen-bond donors (Lipinski definition) is 0. The van der Waals surface area contributed by atoms with Gasteiger partial charge in [-0.2, -0.15) is 0 Å². The fourth-order valence-electron chi connectivity index (χ4n) is 2.10. The molecule has 0 amide bonds. The van der Waals surface area contributed by atoms with Gasteiger partial charge in [0, 0.05) is 12.1 Å². The standard InChI is InChI=1S/C15H20BNO4/c1-11(12-6-8-13(9-7-12)17(18)19)10-16-20-14(2,3)15(4,5)21-16/h6-10H,1-5H3/b11-10+. The minimum absolute atomic E-state index is 0.0854. The lowest BCUT2D eigenvalue weighted by Gasteiger charge is -2.32. The molecule has 0 atom stereocenters. The van der Waals surface area contributed by atoms with Gasteiger partial charge in [0.2, 0.25) is 0 Å². The number of non-ortho nitro benzene ring substituents is 1. The molecule has 0 N–H and O–H groups in total. The summed E-state index contributed by atoms with van der Waals surface area (Å²) in [6.45, 7) is 9.94. The van der Waals surface area contributed by atoms with Crippen LogP contribution in [0.15, 0.2) is 30.2 Å². The molecular formula is C15H20BNO4. The number of nitro groups is 1. The van der Waals surface area contributed by atoms with Gasteiger partial charge in [-0.1, -0.05) is 11.5 Å². The molecule has 0 aromatic heterocycles. The van der Waals surface area contributed by atoms with E-state index in [0.29, 0.717) is 0 Å². The van der Waals surface area contributed by atoms with Crippen molar-refractivity contribution in [2.75, 3.05) is 0 Å². The van der Waals surface area contributed by atoms with Crippen molar-refractivity contribution in [3.05, 3.63) is 45.9 Å². The van der Waals surface area contributed by atoms with Crippen LogP contribution in [0.5, 0.6) is 0 Å². The summed E-state index contributed by atoms with van der Waals surface area (Å²) in [6, 6.07) is 6.46. The quantitative estimate of drug-likeness (QED) is 0.484. The Hall–Kier alpha value is -1.66. The van der Waals surface area contributed by atoms with Gasteiger partial charge in [0.15, 0.2) is 0 Å². The van der Waals surface area contributed by atoms with E-state index in [1.54, 1.807) is 12.1 Å². The van der Waals surface area contributed by atoms with Gasteiger partial charge in [-0.25, -0.2) is 0 Å². The SMILES string of the molecule is C/C(=C\B1OC(C)(C)C(C)(C)O1)c1ccc([N+](=O)[O-])cc1. The van der Waals surface area contributed by atoms with Crippen molar-refractivity contribution in [3.63, 3.8) is 0 Å². The molecular weight excluding hydrogens is 269 g/mol. The van der Waals surface area contributed by atoms with E-state index >= 15 is 0 Å². The van der Waals surface area contributed by atoms with Gasteiger partial charge >= 0.3 is 7.12 Å². The lowest BCUT2D eigenvalue weighted by molar-refractivity contribution is -0.384. The molecule has 21 heavy (non-hydrogen) atoms. The number of benzene rings is 1. The van der Waals surface area contributed by atoms with E-state index < -0.39 is 12.0 Å². The van der Waals surface area contributed by atoms with Crippen molar-refractivity contribution in [1.29, 1.82) is 0 Å². The second-order valence-electron chi connectivity index (χ2n) is 6.28. The molecule has 1 aromatic carbocycles. The predicted octanol–water partition coefficient (Wildman–Crippen LogP) is 3.63. The first kappa shape index (κ1) is 15.7. The predicted molar refractivity (Wildman–Crippen MR) is 82.8 cm³/mol. The highest BCUT2D eigenvalue weighted by Crippen LogP contribution is 2.37. The molecule has 0 radical (unpaired) electrons. The lowest BCUT2D eigenvalue weighted by Crippen LogP contribution is -2.41. The highest BCUT2D eigenvalue weighted by atomic mass is 16.7. The van der Waals surface area contributed by atoms with Crippen LogP contribution in [0, 0.1) is 10.1 Å². The third kappa shape index (κ3) is 3.17. The Balaban J connectivity index is 2.17. The maximum absolute atomic E-state index is 10.7. The minimum atomic E-state index is -0.412. The molecule has 1 aromatic rings. The van der Waals surface area contributed by atoms with Gasteiger partial charge < -0.3 is 9.31 Å². The third-order valence-electron chi connectivity index (χ3n) is 4.19. The van der Waals surface area contributed by atoms with Crippen LogP contribution in [0.25, 0.3) is 5.57 Å². The first-order valence-corrected chi connectivity index (χ1v) is 6.91. The van der Waals surface area contributed by atoms with Crippen LogP contribution in [0.2, 0.25) is 0 Å². The zero-order chi connectivity index (χ0) is 15.8. The van der Waals surface area contributed by atoms with Crippen molar-refractivity contribution in [2.45, 2.75) is 45.8 Å². The number of allylic oxidation sites excluding steroid dienone is 1. The van der Waals surface area contributed by atoms with Crippen molar-refractivity contribution < 1.29 is 14.2 Å². The smallest absolute Gasteiger partial charge is 0.400 e. The van der Waals surface area contributed by atoms with E-state index in [4.69, 9.17) is 9.31 Å². The number of rotatable bonds is 3. The van der Waals surface area contributed by atoms with Crippen LogP contribution in [-0.4, -0.2) is 23.2 Å². The van der Waals surface area contributed by atoms with Crippen molar-refractivity contribution in [1.82, 2.24) is 0 Å². The number of nitrogens with zero attached hydrogens (tertiary/aromatic N) is 1. The first-order valence-electron chi connectivity index (χ1n) is 6.91. The summed E-state index contributed by atoms with van der Waals surface area (Å²) < 4.78 is 11.8. The van der Waals surface area contributed by atoms with E-state index in [2.05, 4.69) is 0 Å². The van der Waals surface area contributed by atoms with E-state index in [9.17, 15) is 10.1 Å². The fraction of sp³-hybridized carbons (Fsp3) is 0.467. The van der Waals surface area contributed by atoms with Crippen molar-refractivity contribution in [2.24, 2.45) is 0 Å². The molecule has 5 nitrogen and oxygen atoms in total. The fourth-order valence-corrected chi connectivity index (χ4v) is 2.10. The van der Waals surface area contributed by atoms with Crippen molar-refractivity contribution in [3.8, 4) is 0 Å². The lowest BCUT2D eigenvalue weighted by atomic mass is 9.85. The molecule has 2 rings (SSSR count). The summed E-state index contributed by atoms with van der Waals surface area (Å²) in [6.07, 6.45) is 0. The Kier molecular flexibility index (Phi) is 3.95. The normalized spacial score (nSPS) is 20.6. The first-order chi connectivity index (χ1) is 9.62. The second kappa shape index (κ2) is 5.28. The molecule has 0 bridgehead atoms. The van der Waals surface area contributed by atoms with Gasteiger partial charge in [-0.15, -0.1) is 0 Å². The van der Waals surface area contributed by atoms with Gasteiger partial charge in [0.1, 0.15) is 0 Å². The molecule has 0 spiro atoms. The Morgan fingerprint density at radius 3 is 2.05 bits per heavy atom. The summed E-state index contributed by atoms with van der Waals surface area (Å²) in [4.78, 5) is 10.2. The maximum Gasteiger partial charge on any atom is 0.487 e. The molecule has 0 saturated carbocycles. The molecule has 0 unspecified atom stereocenters. The summed E-state index contributed by atoms with van der Waals surface area (Å²) in [5.41, 5.74) is 1.22. The van der Waals surface area contributed by atoms with Gasteiger partial charge in [0.25, 0.3) is 5.69 Å². The maximum atomic E-state index is 10.7. The monoisotopic (exact) mass is 289 g/mol. The van der Waals surface area contributed by atoms with E-state index in [-0.39, 0.29) is 16.9 Å². The summed E-state index contributed by atoms with van der Waals surface area (Å²) >= 11 is 0. The second-order valence-corrected chi connectivity index (χ2v) is 6.28. The summed E-state index contributed by atoms with van der Waals surface area (Å²) in [7, 11) is -0.412. The zero-order valence-electron chi connectivity index (χ0n) is 13.0. The molecule has 1 fully saturated rings. The van der Waals surface area contributed by atoms with Crippen LogP contribution in [0.4, 0.5) is 5.69 Å². The summed E-state index contributed by atoms with van der Waals surface area (Å²) in [5.74, 6) is 1.90. The van der Waals surface area contributed by atoms with Crippen LogP contribution < -0.4 is 0 Å². The Labute approximate surface area is 125 Å². The molecule has 6 heteroatoms. The molecule has 0 aliphatic carbocycles. The molecule has 1 saturated heterocycles. The minimum Gasteiger partial charge on any atom is -0.400 e.